The third-order valence-corrected chi connectivity index (χ3v) is 8.75. The highest BCUT2D eigenvalue weighted by Gasteiger charge is 2.31. The molecule has 0 radical (unpaired) electrons. The second kappa shape index (κ2) is 17.0. The Hall–Kier alpha value is -6.35. The zero-order valence-electron chi connectivity index (χ0n) is 28.3. The number of phenolic OH excluding ortho intramolecular Hbond substituents is 1. The number of aliphatic imine (C=N–C) groups is 1. The number of nitrogens with zero attached hydrogens (tertiary/aromatic N) is 1. The SMILES string of the molecule is NC(N)=NCCCC(NC(=O)C(Cc1ccc(O)cc1)NC(=O)C(N)Cc1c[nH]c2ccccc12)C(=O)NC(Cc1c[nH]c2ccccc12)C(=O)O. The number of benzene rings is 3. The fourth-order valence-corrected chi connectivity index (χ4v) is 6.02. The molecule has 4 unspecified atom stereocenters. The van der Waals surface area contributed by atoms with Crippen LogP contribution in [0.3, 0.4) is 0 Å². The van der Waals surface area contributed by atoms with Gasteiger partial charge in [-0.15, -0.1) is 0 Å². The fraction of sp³-hybridized carbons (Fsp3) is 0.270. The maximum atomic E-state index is 14.0. The molecule has 0 aliphatic rings. The average molecular weight is 710 g/mol. The molecule has 0 aliphatic carbocycles. The van der Waals surface area contributed by atoms with Crippen LogP contribution in [-0.4, -0.2) is 80.5 Å². The van der Waals surface area contributed by atoms with E-state index in [2.05, 4.69) is 30.9 Å². The van der Waals surface area contributed by atoms with Gasteiger partial charge in [-0.3, -0.25) is 19.4 Å². The molecule has 4 atom stereocenters. The van der Waals surface area contributed by atoms with Crippen molar-refractivity contribution in [1.29, 1.82) is 0 Å². The second-order valence-electron chi connectivity index (χ2n) is 12.6. The summed E-state index contributed by atoms with van der Waals surface area (Å²) in [7, 11) is 0. The lowest BCUT2D eigenvalue weighted by Gasteiger charge is -2.25. The highest BCUT2D eigenvalue weighted by molar-refractivity contribution is 5.95. The molecular weight excluding hydrogens is 666 g/mol. The van der Waals surface area contributed by atoms with Crippen LogP contribution in [0, 0.1) is 0 Å². The molecule has 0 saturated carbocycles. The Balaban J connectivity index is 1.34. The molecule has 0 spiro atoms. The number of aromatic nitrogens is 2. The van der Waals surface area contributed by atoms with Gasteiger partial charge in [-0.2, -0.15) is 0 Å². The molecule has 272 valence electrons. The number of H-pyrrole nitrogens is 2. The van der Waals surface area contributed by atoms with E-state index in [1.807, 2.05) is 48.5 Å². The molecule has 3 amide bonds. The van der Waals surface area contributed by atoms with Crippen LogP contribution < -0.4 is 33.2 Å². The Morgan fingerprint density at radius 1 is 0.692 bits per heavy atom. The van der Waals surface area contributed by atoms with Crippen LogP contribution in [-0.2, 0) is 38.4 Å². The van der Waals surface area contributed by atoms with Crippen LogP contribution in [0.1, 0.15) is 29.5 Å². The summed E-state index contributed by atoms with van der Waals surface area (Å²) in [4.78, 5) is 63.7. The number of carboxylic acid groups (broad SMARTS) is 1. The number of aromatic hydroxyl groups is 1. The van der Waals surface area contributed by atoms with Gasteiger partial charge in [0.15, 0.2) is 5.96 Å². The Morgan fingerprint density at radius 3 is 1.83 bits per heavy atom. The molecule has 13 N–H and O–H groups in total. The number of guanidine groups is 1. The molecule has 2 heterocycles. The Kier molecular flexibility index (Phi) is 12.1. The molecule has 0 saturated heterocycles. The van der Waals surface area contributed by atoms with Gasteiger partial charge in [0.1, 0.15) is 23.9 Å². The van der Waals surface area contributed by atoms with Crippen LogP contribution in [0.5, 0.6) is 5.75 Å². The van der Waals surface area contributed by atoms with Crippen molar-refractivity contribution in [3.8, 4) is 5.75 Å². The number of carboxylic acids is 1. The minimum Gasteiger partial charge on any atom is -0.508 e. The van der Waals surface area contributed by atoms with Crippen LogP contribution in [0.4, 0.5) is 0 Å². The van der Waals surface area contributed by atoms with Gasteiger partial charge in [0.2, 0.25) is 17.7 Å². The van der Waals surface area contributed by atoms with Gasteiger partial charge in [0.05, 0.1) is 6.04 Å². The maximum absolute atomic E-state index is 14.0. The number of carbonyl (C=O) groups excluding carboxylic acids is 3. The molecule has 15 heteroatoms. The third-order valence-electron chi connectivity index (χ3n) is 8.75. The first-order valence-electron chi connectivity index (χ1n) is 16.8. The predicted molar refractivity (Wildman–Crippen MR) is 197 cm³/mol. The predicted octanol–water partition coefficient (Wildman–Crippen LogP) is 1.30. The number of hydrogen-bond donors (Lipinski definition) is 10. The first-order valence-corrected chi connectivity index (χ1v) is 16.8. The number of hydrogen-bond acceptors (Lipinski definition) is 7. The van der Waals surface area contributed by atoms with Gasteiger partial charge < -0.3 is 53.3 Å². The summed E-state index contributed by atoms with van der Waals surface area (Å²) in [6.07, 6.45) is 3.96. The summed E-state index contributed by atoms with van der Waals surface area (Å²) >= 11 is 0. The fourth-order valence-electron chi connectivity index (χ4n) is 6.02. The van der Waals surface area contributed by atoms with Crippen molar-refractivity contribution < 1.29 is 29.4 Å². The van der Waals surface area contributed by atoms with Gasteiger partial charge in [-0.25, -0.2) is 4.79 Å². The maximum Gasteiger partial charge on any atom is 0.326 e. The number of para-hydroxylation sites is 2. The summed E-state index contributed by atoms with van der Waals surface area (Å²) in [5.41, 5.74) is 21.1. The Bertz CT molecular complexity index is 2050. The number of nitrogens with one attached hydrogen (secondary N) is 5. The lowest BCUT2D eigenvalue weighted by molar-refractivity contribution is -0.142. The summed E-state index contributed by atoms with van der Waals surface area (Å²) in [5.74, 6) is -3.42. The van der Waals surface area contributed by atoms with Crippen LogP contribution >= 0.6 is 0 Å². The van der Waals surface area contributed by atoms with E-state index in [-0.39, 0.29) is 50.4 Å². The van der Waals surface area contributed by atoms with E-state index >= 15 is 0 Å². The number of aromatic amines is 2. The largest absolute Gasteiger partial charge is 0.508 e. The molecule has 0 aliphatic heterocycles. The molecular formula is C37H43N9O6. The number of aliphatic carboxylic acids is 1. The van der Waals surface area contributed by atoms with Gasteiger partial charge in [-0.05, 0) is 60.2 Å². The van der Waals surface area contributed by atoms with Gasteiger partial charge >= 0.3 is 5.97 Å². The minimum atomic E-state index is -1.32. The van der Waals surface area contributed by atoms with Crippen LogP contribution in [0.15, 0.2) is 90.2 Å². The van der Waals surface area contributed by atoms with Crippen LogP contribution in [0.2, 0.25) is 0 Å². The lowest BCUT2D eigenvalue weighted by atomic mass is 10.0. The second-order valence-corrected chi connectivity index (χ2v) is 12.6. The van der Waals surface area contributed by atoms with Crippen LogP contribution in [0.25, 0.3) is 21.8 Å². The molecule has 52 heavy (non-hydrogen) atoms. The van der Waals surface area contributed by atoms with E-state index in [0.717, 1.165) is 27.4 Å². The molecule has 5 aromatic rings. The topological polar surface area (TPSA) is 267 Å². The molecule has 0 fully saturated rings. The first kappa shape index (κ1) is 36.9. The van der Waals surface area contributed by atoms with Crippen molar-refractivity contribution in [2.75, 3.05) is 6.54 Å². The number of rotatable bonds is 17. The number of fused-ring (bicyclic) bond motifs is 2. The minimum absolute atomic E-state index is 0.00167. The zero-order valence-corrected chi connectivity index (χ0v) is 28.3. The third kappa shape index (κ3) is 9.66. The molecule has 5 rings (SSSR count). The quantitative estimate of drug-likeness (QED) is 0.0378. The number of nitrogens with two attached hydrogens (primary N) is 3. The summed E-state index contributed by atoms with van der Waals surface area (Å²) in [6, 6.07) is 16.4. The van der Waals surface area contributed by atoms with Crippen molar-refractivity contribution in [3.05, 3.63) is 102 Å². The summed E-state index contributed by atoms with van der Waals surface area (Å²) < 4.78 is 0. The summed E-state index contributed by atoms with van der Waals surface area (Å²) in [5, 5.41) is 29.6. The van der Waals surface area contributed by atoms with E-state index in [1.165, 1.54) is 12.1 Å². The molecule has 2 aromatic heterocycles. The normalized spacial score (nSPS) is 13.5. The average Bonchev–Trinajstić information content (AvgIpc) is 3.73. The van der Waals surface area contributed by atoms with E-state index in [0.29, 0.717) is 11.1 Å². The Labute approximate surface area is 299 Å². The number of carbonyl (C=O) groups is 4. The lowest BCUT2D eigenvalue weighted by Crippen LogP contribution is -2.58. The van der Waals surface area contributed by atoms with Gasteiger partial charge in [0.25, 0.3) is 0 Å². The molecule has 0 bridgehead atoms. The highest BCUT2D eigenvalue weighted by Crippen LogP contribution is 2.21. The first-order chi connectivity index (χ1) is 25.0. The monoisotopic (exact) mass is 709 g/mol. The smallest absolute Gasteiger partial charge is 0.326 e. The van der Waals surface area contributed by atoms with Crippen molar-refractivity contribution in [1.82, 2.24) is 25.9 Å². The van der Waals surface area contributed by atoms with Crippen molar-refractivity contribution in [2.24, 2.45) is 22.2 Å². The zero-order chi connectivity index (χ0) is 37.2. The molecule has 15 nitrogen and oxygen atoms in total. The standard InChI is InChI=1S/C37H43N9O6/c38-27(17-22-19-42-28-8-3-1-6-25(22)28)33(48)45-31(16-21-11-13-24(47)14-12-21)35(50)44-30(10-5-15-41-37(39)40)34(49)46-32(36(51)52)18-23-20-43-29-9-4-2-7-26(23)29/h1-4,6-9,11-14,19-20,27,30-32,42-43,47H,5,10,15-18,38H2,(H,44,50)(H,45,48)(H,46,49)(H,51,52)(H4,39,40,41). The van der Waals surface area contributed by atoms with Crippen molar-refractivity contribution in [2.45, 2.75) is 56.3 Å². The number of phenols is 1. The van der Waals surface area contributed by atoms with Crippen molar-refractivity contribution in [3.63, 3.8) is 0 Å². The Morgan fingerprint density at radius 2 is 1.23 bits per heavy atom. The molecule has 3 aromatic carbocycles. The van der Waals surface area contributed by atoms with E-state index < -0.39 is 47.9 Å². The highest BCUT2D eigenvalue weighted by atomic mass is 16.4. The van der Waals surface area contributed by atoms with E-state index in [1.54, 1.807) is 24.5 Å². The van der Waals surface area contributed by atoms with E-state index in [4.69, 9.17) is 17.2 Å². The number of amides is 3. The van der Waals surface area contributed by atoms with E-state index in [9.17, 15) is 29.4 Å². The summed E-state index contributed by atoms with van der Waals surface area (Å²) in [6.45, 7) is 0.149. The van der Waals surface area contributed by atoms with Gasteiger partial charge in [0, 0.05) is 53.6 Å². The van der Waals surface area contributed by atoms with Gasteiger partial charge in [-0.1, -0.05) is 48.5 Å². The van der Waals surface area contributed by atoms with Crippen molar-refractivity contribution >= 4 is 51.5 Å².